The smallest absolute Gasteiger partial charge is 0.0839 e. The lowest BCUT2D eigenvalue weighted by Crippen LogP contribution is -2.23. The average Bonchev–Trinajstić information content (AvgIpc) is 2.61. The van der Waals surface area contributed by atoms with E-state index in [9.17, 15) is 5.11 Å². The van der Waals surface area contributed by atoms with E-state index in [4.69, 9.17) is 0 Å². The van der Waals surface area contributed by atoms with Crippen LogP contribution < -0.4 is 0 Å². The molecule has 0 radical (unpaired) electrons. The summed E-state index contributed by atoms with van der Waals surface area (Å²) in [6, 6.07) is 0. The first kappa shape index (κ1) is 6.90. The molecule has 1 N–H and O–H groups in total. The molecule has 3 rings (SSSR count). The van der Waals surface area contributed by atoms with Gasteiger partial charge < -0.3 is 5.11 Å². The zero-order valence-corrected chi connectivity index (χ0v) is 7.38. The Morgan fingerprint density at radius 2 is 2.42 bits per heavy atom. The normalized spacial score (nSPS) is 49.2. The minimum atomic E-state index is -0.560. The van der Waals surface area contributed by atoms with Crippen LogP contribution in [-0.2, 0) is 0 Å². The standard InChI is InChI=1S/C11H14O/c1-11(12)3-2-9-8(6-11)4-7-5-10(7)9/h2,6-7,10,12H,3-5H2,1H3. The molecule has 3 unspecified atom stereocenters. The summed E-state index contributed by atoms with van der Waals surface area (Å²) in [6.07, 6.45) is 7.79. The molecule has 0 aliphatic heterocycles. The van der Waals surface area contributed by atoms with E-state index >= 15 is 0 Å². The fourth-order valence-electron chi connectivity index (χ4n) is 2.67. The van der Waals surface area contributed by atoms with Crippen LogP contribution in [0, 0.1) is 11.8 Å². The molecule has 0 heterocycles. The van der Waals surface area contributed by atoms with Crippen molar-refractivity contribution in [2.75, 3.05) is 0 Å². The minimum absolute atomic E-state index is 0.560. The zero-order chi connectivity index (χ0) is 8.34. The highest BCUT2D eigenvalue weighted by atomic mass is 16.3. The van der Waals surface area contributed by atoms with Gasteiger partial charge in [0, 0.05) is 0 Å². The van der Waals surface area contributed by atoms with E-state index in [-0.39, 0.29) is 0 Å². The molecular weight excluding hydrogens is 148 g/mol. The minimum Gasteiger partial charge on any atom is -0.386 e. The van der Waals surface area contributed by atoms with E-state index in [1.807, 2.05) is 6.92 Å². The molecule has 0 saturated heterocycles. The van der Waals surface area contributed by atoms with Crippen LogP contribution >= 0.6 is 0 Å². The van der Waals surface area contributed by atoms with Crippen LogP contribution in [0.4, 0.5) is 0 Å². The van der Waals surface area contributed by atoms with Crippen molar-refractivity contribution in [3.05, 3.63) is 23.3 Å². The SMILES string of the molecule is CC1(O)C=C2CC3CC3C2=CC1. The molecule has 3 aliphatic carbocycles. The van der Waals surface area contributed by atoms with Crippen molar-refractivity contribution in [1.29, 1.82) is 0 Å². The van der Waals surface area contributed by atoms with Crippen LogP contribution in [0.1, 0.15) is 26.2 Å². The summed E-state index contributed by atoms with van der Waals surface area (Å²) in [4.78, 5) is 0. The molecule has 3 aliphatic rings. The fourth-order valence-corrected chi connectivity index (χ4v) is 2.67. The fraction of sp³-hybridized carbons (Fsp3) is 0.636. The van der Waals surface area contributed by atoms with Crippen LogP contribution in [0.5, 0.6) is 0 Å². The lowest BCUT2D eigenvalue weighted by atomic mass is 9.88. The summed E-state index contributed by atoms with van der Waals surface area (Å²) in [5.41, 5.74) is 2.44. The van der Waals surface area contributed by atoms with Gasteiger partial charge in [-0.1, -0.05) is 6.08 Å². The summed E-state index contributed by atoms with van der Waals surface area (Å²) in [5, 5.41) is 9.80. The van der Waals surface area contributed by atoms with Crippen LogP contribution in [0.25, 0.3) is 0 Å². The Morgan fingerprint density at radius 1 is 1.58 bits per heavy atom. The second-order valence-electron chi connectivity index (χ2n) is 4.70. The van der Waals surface area contributed by atoms with E-state index in [0.717, 1.165) is 18.3 Å². The molecule has 0 aromatic rings. The van der Waals surface area contributed by atoms with Crippen LogP contribution in [-0.4, -0.2) is 10.7 Å². The third-order valence-electron chi connectivity index (χ3n) is 3.40. The summed E-state index contributed by atoms with van der Waals surface area (Å²) in [7, 11) is 0. The molecule has 64 valence electrons. The van der Waals surface area contributed by atoms with Crippen LogP contribution in [0.15, 0.2) is 23.3 Å². The second-order valence-corrected chi connectivity index (χ2v) is 4.70. The van der Waals surface area contributed by atoms with Crippen molar-refractivity contribution >= 4 is 0 Å². The maximum absolute atomic E-state index is 9.80. The maximum atomic E-state index is 9.80. The molecule has 0 spiro atoms. The summed E-state index contributed by atoms with van der Waals surface area (Å²) in [6.45, 7) is 1.90. The van der Waals surface area contributed by atoms with Crippen molar-refractivity contribution in [2.24, 2.45) is 11.8 Å². The molecule has 0 aromatic heterocycles. The Labute approximate surface area is 72.8 Å². The summed E-state index contributed by atoms with van der Waals surface area (Å²) < 4.78 is 0. The quantitative estimate of drug-likeness (QED) is 0.578. The van der Waals surface area contributed by atoms with E-state index in [0.29, 0.717) is 0 Å². The van der Waals surface area contributed by atoms with Gasteiger partial charge in [-0.2, -0.15) is 0 Å². The molecule has 0 amide bonds. The molecule has 0 bridgehead atoms. The molecule has 12 heavy (non-hydrogen) atoms. The third kappa shape index (κ3) is 0.831. The Hall–Kier alpha value is -0.560. The van der Waals surface area contributed by atoms with Gasteiger partial charge in [0.05, 0.1) is 5.60 Å². The zero-order valence-electron chi connectivity index (χ0n) is 7.38. The van der Waals surface area contributed by atoms with Crippen molar-refractivity contribution in [2.45, 2.75) is 31.8 Å². The number of fused-ring (bicyclic) bond motifs is 3. The molecular formula is C11H14O. The maximum Gasteiger partial charge on any atom is 0.0839 e. The first-order valence-corrected chi connectivity index (χ1v) is 4.80. The highest BCUT2D eigenvalue weighted by Gasteiger charge is 2.48. The molecule has 2 saturated carbocycles. The van der Waals surface area contributed by atoms with Gasteiger partial charge >= 0.3 is 0 Å². The molecule has 0 aromatic carbocycles. The predicted octanol–water partition coefficient (Wildman–Crippen LogP) is 2.03. The number of aliphatic hydroxyl groups is 1. The lowest BCUT2D eigenvalue weighted by Gasteiger charge is -2.24. The van der Waals surface area contributed by atoms with Crippen molar-refractivity contribution < 1.29 is 5.11 Å². The van der Waals surface area contributed by atoms with E-state index < -0.39 is 5.60 Å². The van der Waals surface area contributed by atoms with Gasteiger partial charge in [0.1, 0.15) is 0 Å². The Balaban J connectivity index is 2.00. The van der Waals surface area contributed by atoms with Crippen molar-refractivity contribution in [3.8, 4) is 0 Å². The Kier molecular flexibility index (Phi) is 1.06. The van der Waals surface area contributed by atoms with Gasteiger partial charge in [0.15, 0.2) is 0 Å². The van der Waals surface area contributed by atoms with Gasteiger partial charge in [0.2, 0.25) is 0 Å². The van der Waals surface area contributed by atoms with E-state index in [2.05, 4.69) is 12.2 Å². The lowest BCUT2D eigenvalue weighted by molar-refractivity contribution is 0.112. The first-order valence-electron chi connectivity index (χ1n) is 4.80. The van der Waals surface area contributed by atoms with Gasteiger partial charge in [-0.25, -0.2) is 0 Å². The predicted molar refractivity (Wildman–Crippen MR) is 47.6 cm³/mol. The summed E-state index contributed by atoms with van der Waals surface area (Å²) >= 11 is 0. The highest BCUT2D eigenvalue weighted by molar-refractivity contribution is 5.47. The second kappa shape index (κ2) is 1.85. The average molecular weight is 162 g/mol. The van der Waals surface area contributed by atoms with Crippen LogP contribution in [0.3, 0.4) is 0 Å². The topological polar surface area (TPSA) is 20.2 Å². The Bertz CT molecular complexity index is 296. The molecule has 1 heteroatoms. The molecule has 3 atom stereocenters. The van der Waals surface area contributed by atoms with Crippen molar-refractivity contribution in [1.82, 2.24) is 0 Å². The first-order chi connectivity index (χ1) is 5.66. The largest absolute Gasteiger partial charge is 0.386 e. The monoisotopic (exact) mass is 162 g/mol. The van der Waals surface area contributed by atoms with E-state index in [1.165, 1.54) is 18.4 Å². The molecule has 1 nitrogen and oxygen atoms in total. The Morgan fingerprint density at radius 3 is 3.25 bits per heavy atom. The highest BCUT2D eigenvalue weighted by Crippen LogP contribution is 2.59. The van der Waals surface area contributed by atoms with Gasteiger partial charge in [-0.15, -0.1) is 0 Å². The van der Waals surface area contributed by atoms with Gasteiger partial charge in [-0.3, -0.25) is 0 Å². The van der Waals surface area contributed by atoms with Crippen molar-refractivity contribution in [3.63, 3.8) is 0 Å². The third-order valence-corrected chi connectivity index (χ3v) is 3.40. The summed E-state index contributed by atoms with van der Waals surface area (Å²) in [5.74, 6) is 1.82. The van der Waals surface area contributed by atoms with Crippen LogP contribution in [0.2, 0.25) is 0 Å². The molecule has 2 fully saturated rings. The number of allylic oxidation sites excluding steroid dienone is 2. The number of hydrogen-bond acceptors (Lipinski definition) is 1. The van der Waals surface area contributed by atoms with Gasteiger partial charge in [-0.05, 0) is 55.2 Å². The van der Waals surface area contributed by atoms with E-state index in [1.54, 1.807) is 5.57 Å². The number of hydrogen-bond donors (Lipinski definition) is 1. The number of rotatable bonds is 0. The van der Waals surface area contributed by atoms with Gasteiger partial charge in [0.25, 0.3) is 0 Å².